The minimum atomic E-state index is -0.437. The number of hydrogen-bond donors (Lipinski definition) is 2. The molecule has 0 amide bonds. The molecule has 0 aliphatic carbocycles. The summed E-state index contributed by atoms with van der Waals surface area (Å²) in [5.74, 6) is 0.814. The number of aliphatic hydroxyl groups is 1. The number of rotatable bonds is 2. The Bertz CT molecular complexity index is 218. The van der Waals surface area contributed by atoms with Gasteiger partial charge in [-0.3, -0.25) is 0 Å². The molecule has 3 nitrogen and oxygen atoms in total. The maximum atomic E-state index is 9.13. The fraction of sp³-hybridized carbons (Fsp3) is 0.375. The van der Waals surface area contributed by atoms with E-state index in [0.29, 0.717) is 0 Å². The Labute approximate surface area is 66.1 Å². The molecule has 0 saturated heterocycles. The summed E-state index contributed by atoms with van der Waals surface area (Å²) in [7, 11) is 1.81. The molecule has 60 valence electrons. The van der Waals surface area contributed by atoms with E-state index in [4.69, 9.17) is 5.11 Å². The lowest BCUT2D eigenvalue weighted by Gasteiger charge is -2.04. The van der Waals surface area contributed by atoms with Crippen LogP contribution in [0, 0.1) is 0 Å². The molecule has 0 bridgehead atoms. The molecule has 0 radical (unpaired) electrons. The van der Waals surface area contributed by atoms with Crippen molar-refractivity contribution in [3.05, 3.63) is 23.9 Å². The van der Waals surface area contributed by atoms with Crippen LogP contribution in [-0.2, 0) is 0 Å². The molecule has 11 heavy (non-hydrogen) atoms. The van der Waals surface area contributed by atoms with Crippen molar-refractivity contribution < 1.29 is 5.11 Å². The highest BCUT2D eigenvalue weighted by Gasteiger charge is 1.99. The molecular weight excluding hydrogens is 140 g/mol. The molecule has 0 aromatic carbocycles. The molecule has 0 saturated carbocycles. The fourth-order valence-electron chi connectivity index (χ4n) is 0.800. The molecule has 3 heteroatoms. The Morgan fingerprint density at radius 1 is 1.55 bits per heavy atom. The summed E-state index contributed by atoms with van der Waals surface area (Å²) >= 11 is 0. The van der Waals surface area contributed by atoms with Crippen LogP contribution in [0.1, 0.15) is 18.6 Å². The van der Waals surface area contributed by atoms with Crippen LogP contribution >= 0.6 is 0 Å². The number of aliphatic hydroxyl groups excluding tert-OH is 1. The molecule has 1 rings (SSSR count). The Morgan fingerprint density at radius 2 is 2.27 bits per heavy atom. The van der Waals surface area contributed by atoms with Crippen molar-refractivity contribution in [1.29, 1.82) is 0 Å². The van der Waals surface area contributed by atoms with E-state index >= 15 is 0 Å². The number of nitrogens with zero attached hydrogens (tertiary/aromatic N) is 1. The number of aromatic nitrogens is 1. The van der Waals surface area contributed by atoms with Crippen molar-refractivity contribution in [3.63, 3.8) is 0 Å². The van der Waals surface area contributed by atoms with E-state index in [9.17, 15) is 0 Å². The Morgan fingerprint density at radius 3 is 2.64 bits per heavy atom. The minimum absolute atomic E-state index is 0.437. The molecule has 0 fully saturated rings. The van der Waals surface area contributed by atoms with E-state index in [2.05, 4.69) is 10.3 Å². The largest absolute Gasteiger partial charge is 0.389 e. The topological polar surface area (TPSA) is 45.1 Å². The second-order valence-corrected chi connectivity index (χ2v) is 2.40. The van der Waals surface area contributed by atoms with E-state index in [1.807, 2.05) is 19.2 Å². The van der Waals surface area contributed by atoms with Gasteiger partial charge in [-0.2, -0.15) is 0 Å². The smallest absolute Gasteiger partial charge is 0.125 e. The first-order chi connectivity index (χ1) is 5.24. The minimum Gasteiger partial charge on any atom is -0.389 e. The van der Waals surface area contributed by atoms with Gasteiger partial charge in [0, 0.05) is 13.2 Å². The summed E-state index contributed by atoms with van der Waals surface area (Å²) in [6.45, 7) is 1.72. The third-order valence-corrected chi connectivity index (χ3v) is 1.52. The SMILES string of the molecule is CNc1ccc(C(C)O)cn1. The van der Waals surface area contributed by atoms with Crippen LogP contribution in [0.3, 0.4) is 0 Å². The first kappa shape index (κ1) is 8.01. The molecule has 1 unspecified atom stereocenters. The Kier molecular flexibility index (Phi) is 2.44. The van der Waals surface area contributed by atoms with Crippen LogP contribution in [-0.4, -0.2) is 17.1 Å². The maximum Gasteiger partial charge on any atom is 0.125 e. The van der Waals surface area contributed by atoms with Gasteiger partial charge in [0.2, 0.25) is 0 Å². The van der Waals surface area contributed by atoms with Gasteiger partial charge in [-0.1, -0.05) is 6.07 Å². The zero-order chi connectivity index (χ0) is 8.27. The molecule has 2 N–H and O–H groups in total. The van der Waals surface area contributed by atoms with Crippen LogP contribution in [0.4, 0.5) is 5.82 Å². The molecule has 1 atom stereocenters. The molecule has 0 spiro atoms. The van der Waals surface area contributed by atoms with Crippen molar-refractivity contribution >= 4 is 5.82 Å². The monoisotopic (exact) mass is 152 g/mol. The van der Waals surface area contributed by atoms with E-state index in [1.165, 1.54) is 0 Å². The summed E-state index contributed by atoms with van der Waals surface area (Å²) in [5, 5.41) is 12.0. The standard InChI is InChI=1S/C8H12N2O/c1-6(11)7-3-4-8(9-2)10-5-7/h3-6,11H,1-2H3,(H,9,10). The Hall–Kier alpha value is -1.09. The van der Waals surface area contributed by atoms with Crippen LogP contribution in [0.5, 0.6) is 0 Å². The summed E-state index contributed by atoms with van der Waals surface area (Å²) in [6.07, 6.45) is 1.23. The van der Waals surface area contributed by atoms with E-state index in [-0.39, 0.29) is 0 Å². The molecule has 1 aromatic rings. The highest BCUT2D eigenvalue weighted by molar-refractivity contribution is 5.34. The number of hydrogen-bond acceptors (Lipinski definition) is 3. The number of anilines is 1. The van der Waals surface area contributed by atoms with Crippen LogP contribution in [0.15, 0.2) is 18.3 Å². The van der Waals surface area contributed by atoms with Crippen LogP contribution in [0.25, 0.3) is 0 Å². The Balaban J connectivity index is 2.83. The third kappa shape index (κ3) is 1.91. The second kappa shape index (κ2) is 3.34. The molecular formula is C8H12N2O. The molecule has 1 aromatic heterocycles. The van der Waals surface area contributed by atoms with E-state index < -0.39 is 6.10 Å². The number of nitrogens with one attached hydrogen (secondary N) is 1. The van der Waals surface area contributed by atoms with Gasteiger partial charge < -0.3 is 10.4 Å². The summed E-state index contributed by atoms with van der Waals surface area (Å²) in [6, 6.07) is 3.69. The fourth-order valence-corrected chi connectivity index (χ4v) is 0.800. The van der Waals surface area contributed by atoms with Crippen LogP contribution in [0.2, 0.25) is 0 Å². The maximum absolute atomic E-state index is 9.13. The van der Waals surface area contributed by atoms with Crippen molar-refractivity contribution in [3.8, 4) is 0 Å². The van der Waals surface area contributed by atoms with Gasteiger partial charge in [0.05, 0.1) is 6.10 Å². The summed E-state index contributed by atoms with van der Waals surface area (Å²) < 4.78 is 0. The average Bonchev–Trinajstić information content (AvgIpc) is 2.05. The highest BCUT2D eigenvalue weighted by atomic mass is 16.3. The van der Waals surface area contributed by atoms with Gasteiger partial charge in [0.1, 0.15) is 5.82 Å². The first-order valence-electron chi connectivity index (χ1n) is 3.56. The molecule has 0 aliphatic rings. The second-order valence-electron chi connectivity index (χ2n) is 2.40. The first-order valence-corrected chi connectivity index (χ1v) is 3.56. The van der Waals surface area contributed by atoms with Crippen molar-refractivity contribution in [2.24, 2.45) is 0 Å². The summed E-state index contributed by atoms with van der Waals surface area (Å²) in [4.78, 5) is 4.05. The van der Waals surface area contributed by atoms with Crippen LogP contribution < -0.4 is 5.32 Å². The van der Waals surface area contributed by atoms with Gasteiger partial charge in [0.15, 0.2) is 0 Å². The van der Waals surface area contributed by atoms with Crippen molar-refractivity contribution in [1.82, 2.24) is 4.98 Å². The van der Waals surface area contributed by atoms with Gasteiger partial charge in [-0.05, 0) is 18.6 Å². The van der Waals surface area contributed by atoms with Gasteiger partial charge in [-0.15, -0.1) is 0 Å². The predicted octanol–water partition coefficient (Wildman–Crippen LogP) is 1.18. The lowest BCUT2D eigenvalue weighted by atomic mass is 10.2. The zero-order valence-electron chi connectivity index (χ0n) is 6.70. The quantitative estimate of drug-likeness (QED) is 0.668. The third-order valence-electron chi connectivity index (χ3n) is 1.52. The molecule has 0 aliphatic heterocycles. The zero-order valence-corrected chi connectivity index (χ0v) is 6.70. The normalized spacial score (nSPS) is 12.6. The van der Waals surface area contributed by atoms with E-state index in [0.717, 1.165) is 11.4 Å². The predicted molar refractivity (Wildman–Crippen MR) is 44.4 cm³/mol. The van der Waals surface area contributed by atoms with E-state index in [1.54, 1.807) is 13.1 Å². The lowest BCUT2D eigenvalue weighted by Crippen LogP contribution is -1.95. The summed E-state index contributed by atoms with van der Waals surface area (Å²) in [5.41, 5.74) is 0.837. The molecule has 1 heterocycles. The highest BCUT2D eigenvalue weighted by Crippen LogP contribution is 2.11. The van der Waals surface area contributed by atoms with Gasteiger partial charge in [-0.25, -0.2) is 4.98 Å². The average molecular weight is 152 g/mol. The lowest BCUT2D eigenvalue weighted by molar-refractivity contribution is 0.199. The number of pyridine rings is 1. The van der Waals surface area contributed by atoms with Gasteiger partial charge >= 0.3 is 0 Å². The van der Waals surface area contributed by atoms with Crippen molar-refractivity contribution in [2.75, 3.05) is 12.4 Å². The van der Waals surface area contributed by atoms with Gasteiger partial charge in [0.25, 0.3) is 0 Å². The van der Waals surface area contributed by atoms with Crippen molar-refractivity contribution in [2.45, 2.75) is 13.0 Å².